The minimum Gasteiger partial charge on any atom is -0.477 e. The predicted molar refractivity (Wildman–Crippen MR) is 118 cm³/mol. The Hall–Kier alpha value is -2.69. The summed E-state index contributed by atoms with van der Waals surface area (Å²) in [5.41, 5.74) is 0.965. The average molecular weight is 447 g/mol. The number of carboxylic acid groups (broad SMARTS) is 1. The molecule has 0 aliphatic carbocycles. The van der Waals surface area contributed by atoms with E-state index < -0.39 is 16.0 Å². The van der Waals surface area contributed by atoms with Crippen molar-refractivity contribution in [3.8, 4) is 0 Å². The molecule has 2 aromatic carbocycles. The smallest absolute Gasteiger partial charge is 0.347 e. The molecule has 158 valence electrons. The predicted octanol–water partition coefficient (Wildman–Crippen LogP) is 2.57. The molecule has 0 bridgehead atoms. The summed E-state index contributed by atoms with van der Waals surface area (Å²) < 4.78 is 28.3. The molecule has 0 atom stereocenters. The molecule has 1 aliphatic rings. The van der Waals surface area contributed by atoms with Gasteiger partial charge in [0.2, 0.25) is 10.0 Å². The number of carbonyl (C=O) groups is 1. The molecule has 8 nitrogen and oxygen atoms in total. The third-order valence-electron chi connectivity index (χ3n) is 5.17. The molecule has 1 aliphatic heterocycles. The van der Waals surface area contributed by atoms with Gasteiger partial charge in [0.15, 0.2) is 5.13 Å². The summed E-state index contributed by atoms with van der Waals surface area (Å²) in [5.74, 6) is -1.01. The molecule has 1 N–H and O–H groups in total. The van der Waals surface area contributed by atoms with E-state index in [4.69, 9.17) is 5.11 Å². The number of hydrogen-bond acceptors (Lipinski definition) is 7. The second-order valence-corrected chi connectivity index (χ2v) is 10.1. The first-order valence-electron chi connectivity index (χ1n) is 9.42. The van der Waals surface area contributed by atoms with Gasteiger partial charge in [0.05, 0.1) is 11.1 Å². The number of fused-ring (bicyclic) bond motifs is 1. The number of nitrogens with zero attached hydrogens (tertiary/aromatic N) is 4. The van der Waals surface area contributed by atoms with Gasteiger partial charge in [-0.25, -0.2) is 18.2 Å². The number of carboxylic acids is 1. The van der Waals surface area contributed by atoms with E-state index in [1.165, 1.54) is 10.5 Å². The molecule has 10 heteroatoms. The Morgan fingerprint density at radius 2 is 1.73 bits per heavy atom. The van der Waals surface area contributed by atoms with Crippen LogP contribution in [0.2, 0.25) is 0 Å². The number of aromatic carboxylic acids is 1. The lowest BCUT2D eigenvalue weighted by Gasteiger charge is -2.34. The van der Waals surface area contributed by atoms with Gasteiger partial charge in [0.25, 0.3) is 0 Å². The molecule has 30 heavy (non-hydrogen) atoms. The van der Waals surface area contributed by atoms with Crippen LogP contribution in [0.3, 0.4) is 0 Å². The van der Waals surface area contributed by atoms with Gasteiger partial charge in [-0.3, -0.25) is 0 Å². The SMILES string of the molecule is CN(C)c1cccc2c(S(=O)(=O)N3CCN(c4ncc(C(=O)O)s4)CC3)cccc12. The van der Waals surface area contributed by atoms with E-state index >= 15 is 0 Å². The van der Waals surface area contributed by atoms with E-state index in [1.807, 2.05) is 48.2 Å². The van der Waals surface area contributed by atoms with Gasteiger partial charge in [-0.2, -0.15) is 4.31 Å². The zero-order valence-electron chi connectivity index (χ0n) is 16.6. The number of piperazine rings is 1. The Morgan fingerprint density at radius 3 is 2.37 bits per heavy atom. The number of sulfonamides is 1. The molecule has 1 fully saturated rings. The first kappa shape index (κ1) is 20.6. The number of thiazole rings is 1. The van der Waals surface area contributed by atoms with Crippen molar-refractivity contribution >= 4 is 48.9 Å². The van der Waals surface area contributed by atoms with Crippen LogP contribution in [-0.4, -0.2) is 69.1 Å². The van der Waals surface area contributed by atoms with Crippen LogP contribution in [0.4, 0.5) is 10.8 Å². The van der Waals surface area contributed by atoms with Crippen molar-refractivity contribution in [1.29, 1.82) is 0 Å². The van der Waals surface area contributed by atoms with Gasteiger partial charge in [0, 0.05) is 56.7 Å². The van der Waals surface area contributed by atoms with Gasteiger partial charge < -0.3 is 14.9 Å². The topological polar surface area (TPSA) is 94.1 Å². The van der Waals surface area contributed by atoms with Crippen LogP contribution in [0.25, 0.3) is 10.8 Å². The monoisotopic (exact) mass is 446 g/mol. The number of aromatic nitrogens is 1. The third kappa shape index (κ3) is 3.62. The Balaban J connectivity index is 1.59. The van der Waals surface area contributed by atoms with Crippen molar-refractivity contribution in [1.82, 2.24) is 9.29 Å². The molecule has 0 amide bonds. The fourth-order valence-corrected chi connectivity index (χ4v) is 6.08. The van der Waals surface area contributed by atoms with Crippen LogP contribution in [0.15, 0.2) is 47.5 Å². The molecule has 0 saturated carbocycles. The maximum absolute atomic E-state index is 13.4. The number of benzene rings is 2. The molecule has 1 saturated heterocycles. The van der Waals surface area contributed by atoms with E-state index in [-0.39, 0.29) is 4.88 Å². The standard InChI is InChI=1S/C20H22N4O4S2/c1-22(2)16-7-3-6-15-14(16)5-4-8-18(15)30(27,28)24-11-9-23(10-12-24)20-21-13-17(29-20)19(25)26/h3-8,13H,9-12H2,1-2H3,(H,25,26). The summed E-state index contributed by atoms with van der Waals surface area (Å²) in [6.45, 7) is 1.54. The van der Waals surface area contributed by atoms with E-state index in [9.17, 15) is 13.2 Å². The van der Waals surface area contributed by atoms with Crippen molar-refractivity contribution in [2.75, 3.05) is 50.1 Å². The van der Waals surface area contributed by atoms with Crippen molar-refractivity contribution in [2.45, 2.75) is 4.90 Å². The van der Waals surface area contributed by atoms with Crippen molar-refractivity contribution in [3.05, 3.63) is 47.5 Å². The summed E-state index contributed by atoms with van der Waals surface area (Å²) in [7, 11) is 0.200. The van der Waals surface area contributed by atoms with Crippen LogP contribution in [0, 0.1) is 0 Å². The van der Waals surface area contributed by atoms with Gasteiger partial charge >= 0.3 is 5.97 Å². The molecular formula is C20H22N4O4S2. The first-order chi connectivity index (χ1) is 14.3. The lowest BCUT2D eigenvalue weighted by Crippen LogP contribution is -2.48. The quantitative estimate of drug-likeness (QED) is 0.644. The van der Waals surface area contributed by atoms with Gasteiger partial charge in [0.1, 0.15) is 4.88 Å². The van der Waals surface area contributed by atoms with Gasteiger partial charge in [-0.05, 0) is 12.1 Å². The molecular weight excluding hydrogens is 424 g/mol. The van der Waals surface area contributed by atoms with Crippen molar-refractivity contribution < 1.29 is 18.3 Å². The highest BCUT2D eigenvalue weighted by Gasteiger charge is 2.31. The molecule has 1 aromatic heterocycles. The fraction of sp³-hybridized carbons (Fsp3) is 0.300. The average Bonchev–Trinajstić information content (AvgIpc) is 3.23. The lowest BCUT2D eigenvalue weighted by molar-refractivity contribution is 0.0702. The zero-order valence-corrected chi connectivity index (χ0v) is 18.3. The second-order valence-electron chi connectivity index (χ2n) is 7.23. The molecule has 3 aromatic rings. The zero-order chi connectivity index (χ0) is 21.5. The largest absolute Gasteiger partial charge is 0.477 e. The van der Waals surface area contributed by atoms with Crippen LogP contribution >= 0.6 is 11.3 Å². The molecule has 2 heterocycles. The first-order valence-corrected chi connectivity index (χ1v) is 11.7. The highest BCUT2D eigenvalue weighted by molar-refractivity contribution is 7.89. The molecule has 0 spiro atoms. The van der Waals surface area contributed by atoms with Crippen LogP contribution in [-0.2, 0) is 10.0 Å². The lowest BCUT2D eigenvalue weighted by atomic mass is 10.1. The summed E-state index contributed by atoms with van der Waals surface area (Å²) in [4.78, 5) is 19.6. The maximum Gasteiger partial charge on any atom is 0.347 e. The van der Waals surface area contributed by atoms with Crippen LogP contribution in [0.5, 0.6) is 0 Å². The summed E-state index contributed by atoms with van der Waals surface area (Å²) in [6, 6.07) is 11.1. The number of hydrogen-bond donors (Lipinski definition) is 1. The highest BCUT2D eigenvalue weighted by atomic mass is 32.2. The maximum atomic E-state index is 13.4. The van der Waals surface area contributed by atoms with Crippen LogP contribution in [0.1, 0.15) is 9.67 Å². The van der Waals surface area contributed by atoms with Crippen molar-refractivity contribution in [2.24, 2.45) is 0 Å². The van der Waals surface area contributed by atoms with Crippen LogP contribution < -0.4 is 9.80 Å². The Labute approximate surface area is 179 Å². The van der Waals surface area contributed by atoms with Gasteiger partial charge in [-0.15, -0.1) is 0 Å². The minimum absolute atomic E-state index is 0.174. The second kappa shape index (κ2) is 7.86. The van der Waals surface area contributed by atoms with E-state index in [0.717, 1.165) is 22.4 Å². The van der Waals surface area contributed by atoms with Gasteiger partial charge in [-0.1, -0.05) is 35.6 Å². The molecule has 0 radical (unpaired) electrons. The third-order valence-corrected chi connectivity index (χ3v) is 8.18. The Morgan fingerprint density at radius 1 is 1.07 bits per heavy atom. The molecule has 4 rings (SSSR count). The van der Waals surface area contributed by atoms with E-state index in [0.29, 0.717) is 41.6 Å². The Kier molecular flexibility index (Phi) is 5.39. The normalized spacial score (nSPS) is 15.5. The number of rotatable bonds is 5. The Bertz CT molecular complexity index is 1200. The highest BCUT2D eigenvalue weighted by Crippen LogP contribution is 2.32. The van der Waals surface area contributed by atoms with E-state index in [1.54, 1.807) is 12.1 Å². The fourth-order valence-electron chi connectivity index (χ4n) is 3.65. The summed E-state index contributed by atoms with van der Waals surface area (Å²) >= 11 is 1.10. The van der Waals surface area contributed by atoms with Crippen molar-refractivity contribution in [3.63, 3.8) is 0 Å². The summed E-state index contributed by atoms with van der Waals surface area (Å²) in [5, 5.41) is 11.3. The minimum atomic E-state index is -3.67. The molecule has 0 unspecified atom stereocenters. The van der Waals surface area contributed by atoms with E-state index in [2.05, 4.69) is 4.98 Å². The number of anilines is 2. The summed E-state index contributed by atoms with van der Waals surface area (Å²) in [6.07, 6.45) is 1.34.